The van der Waals surface area contributed by atoms with Crippen molar-refractivity contribution in [3.05, 3.63) is 16.1 Å². The molecule has 20 heavy (non-hydrogen) atoms. The Kier molecular flexibility index (Phi) is 5.45. The summed E-state index contributed by atoms with van der Waals surface area (Å²) in [5.41, 5.74) is -0.153. The van der Waals surface area contributed by atoms with Crippen LogP contribution >= 0.6 is 11.3 Å². The van der Waals surface area contributed by atoms with E-state index in [0.717, 1.165) is 11.3 Å². The smallest absolute Gasteiger partial charge is 0.411 e. The monoisotopic (exact) mass is 312 g/mol. The number of rotatable bonds is 6. The van der Waals surface area contributed by atoms with E-state index in [2.05, 4.69) is 15.0 Å². The fraction of sp³-hybridized carbons (Fsp3) is 0.500. The molecular weight excluding hydrogens is 301 g/mol. The predicted molar refractivity (Wildman–Crippen MR) is 62.5 cm³/mol. The van der Waals surface area contributed by atoms with E-state index >= 15 is 0 Å². The summed E-state index contributed by atoms with van der Waals surface area (Å²) in [7, 11) is 0. The standard InChI is InChI=1S/C10H11F3N2O4S/c1-5(8-15-6(3-20-8)9(17)18)14-7(16)2-19-4-10(11,12)13/h3,5H,2,4H2,1H3,(H,14,16)(H,17,18). The van der Waals surface area contributed by atoms with Crippen LogP contribution in [0.15, 0.2) is 5.38 Å². The van der Waals surface area contributed by atoms with E-state index < -0.39 is 37.3 Å². The molecule has 0 aliphatic carbocycles. The van der Waals surface area contributed by atoms with Gasteiger partial charge in [-0.2, -0.15) is 13.2 Å². The van der Waals surface area contributed by atoms with Crippen LogP contribution in [0.25, 0.3) is 0 Å². The number of nitrogens with one attached hydrogen (secondary N) is 1. The lowest BCUT2D eigenvalue weighted by atomic mass is 10.3. The maximum atomic E-state index is 11.8. The van der Waals surface area contributed by atoms with Crippen molar-refractivity contribution in [2.75, 3.05) is 13.2 Å². The zero-order valence-electron chi connectivity index (χ0n) is 10.2. The molecule has 1 atom stereocenters. The molecule has 0 fully saturated rings. The Morgan fingerprint density at radius 3 is 2.70 bits per heavy atom. The highest BCUT2D eigenvalue weighted by Crippen LogP contribution is 2.18. The van der Waals surface area contributed by atoms with E-state index in [4.69, 9.17) is 5.11 Å². The molecule has 1 aromatic rings. The van der Waals surface area contributed by atoms with Gasteiger partial charge in [0.1, 0.15) is 18.2 Å². The molecule has 0 spiro atoms. The fourth-order valence-electron chi connectivity index (χ4n) is 1.19. The van der Waals surface area contributed by atoms with Crippen LogP contribution in [0.1, 0.15) is 28.5 Å². The van der Waals surface area contributed by atoms with Gasteiger partial charge < -0.3 is 15.2 Å². The molecule has 1 unspecified atom stereocenters. The van der Waals surface area contributed by atoms with E-state index in [0.29, 0.717) is 5.01 Å². The lowest BCUT2D eigenvalue weighted by Gasteiger charge is -2.12. The summed E-state index contributed by atoms with van der Waals surface area (Å²) < 4.78 is 39.6. The first-order chi connectivity index (χ1) is 9.19. The first-order valence-electron chi connectivity index (χ1n) is 5.31. The van der Waals surface area contributed by atoms with Crippen LogP contribution in [-0.2, 0) is 9.53 Å². The van der Waals surface area contributed by atoms with Crippen LogP contribution in [0.4, 0.5) is 13.2 Å². The molecule has 6 nitrogen and oxygen atoms in total. The first kappa shape index (κ1) is 16.4. The summed E-state index contributed by atoms with van der Waals surface area (Å²) in [6, 6.07) is -0.616. The third-order valence-corrected chi connectivity index (χ3v) is 3.02. The van der Waals surface area contributed by atoms with Gasteiger partial charge in [-0.05, 0) is 6.92 Å². The van der Waals surface area contributed by atoms with Crippen LogP contribution in [0, 0.1) is 0 Å². The van der Waals surface area contributed by atoms with E-state index in [-0.39, 0.29) is 5.69 Å². The number of halogens is 3. The average molecular weight is 312 g/mol. The normalized spacial score (nSPS) is 13.0. The van der Waals surface area contributed by atoms with Gasteiger partial charge in [0.2, 0.25) is 5.91 Å². The average Bonchev–Trinajstić information content (AvgIpc) is 2.76. The van der Waals surface area contributed by atoms with Crippen LogP contribution in [0.3, 0.4) is 0 Å². The number of aromatic carboxylic acids is 1. The molecule has 1 heterocycles. The third-order valence-electron chi connectivity index (χ3n) is 1.99. The van der Waals surface area contributed by atoms with E-state index in [1.807, 2.05) is 0 Å². The van der Waals surface area contributed by atoms with Gasteiger partial charge in [-0.15, -0.1) is 11.3 Å². The molecule has 0 aromatic carbocycles. The van der Waals surface area contributed by atoms with Gasteiger partial charge in [0.25, 0.3) is 0 Å². The summed E-state index contributed by atoms with van der Waals surface area (Å²) in [6.45, 7) is -0.706. The number of nitrogens with zero attached hydrogens (tertiary/aromatic N) is 1. The molecular formula is C10H11F3N2O4S. The van der Waals surface area contributed by atoms with Crippen molar-refractivity contribution in [1.82, 2.24) is 10.3 Å². The highest BCUT2D eigenvalue weighted by atomic mass is 32.1. The lowest BCUT2D eigenvalue weighted by molar-refractivity contribution is -0.175. The molecule has 1 amide bonds. The summed E-state index contributed by atoms with van der Waals surface area (Å²) in [5.74, 6) is -1.94. The van der Waals surface area contributed by atoms with Crippen molar-refractivity contribution in [3.63, 3.8) is 0 Å². The highest BCUT2D eigenvalue weighted by molar-refractivity contribution is 7.09. The van der Waals surface area contributed by atoms with Gasteiger partial charge in [0.05, 0.1) is 6.04 Å². The van der Waals surface area contributed by atoms with E-state index in [1.165, 1.54) is 12.3 Å². The zero-order chi connectivity index (χ0) is 15.3. The van der Waals surface area contributed by atoms with Crippen LogP contribution in [0.5, 0.6) is 0 Å². The van der Waals surface area contributed by atoms with Gasteiger partial charge in [-0.25, -0.2) is 9.78 Å². The SMILES string of the molecule is CC(NC(=O)COCC(F)(F)F)c1nc(C(=O)O)cs1. The summed E-state index contributed by atoms with van der Waals surface area (Å²) in [6.07, 6.45) is -4.49. The quantitative estimate of drug-likeness (QED) is 0.833. The second-order valence-corrected chi connectivity index (χ2v) is 4.66. The number of hydrogen-bond acceptors (Lipinski definition) is 5. The Morgan fingerprint density at radius 2 is 2.20 bits per heavy atom. The fourth-order valence-corrected chi connectivity index (χ4v) is 1.99. The number of carboxylic acid groups (broad SMARTS) is 1. The number of ether oxygens (including phenoxy) is 1. The van der Waals surface area contributed by atoms with Crippen molar-refractivity contribution in [2.24, 2.45) is 0 Å². The Morgan fingerprint density at radius 1 is 1.55 bits per heavy atom. The minimum Gasteiger partial charge on any atom is -0.476 e. The number of carbonyl (C=O) groups excluding carboxylic acids is 1. The molecule has 112 valence electrons. The number of hydrogen-bond donors (Lipinski definition) is 2. The molecule has 10 heteroatoms. The molecule has 0 saturated heterocycles. The molecule has 0 radical (unpaired) electrons. The molecule has 0 aliphatic heterocycles. The second kappa shape index (κ2) is 6.66. The Balaban J connectivity index is 2.42. The predicted octanol–water partition coefficient (Wildman–Crippen LogP) is 1.60. The number of carboxylic acids is 1. The number of thiazole rings is 1. The molecule has 0 bridgehead atoms. The van der Waals surface area contributed by atoms with Crippen molar-refractivity contribution in [1.29, 1.82) is 0 Å². The van der Waals surface area contributed by atoms with Crippen LogP contribution < -0.4 is 5.32 Å². The summed E-state index contributed by atoms with van der Waals surface area (Å²) in [5, 5.41) is 12.7. The lowest BCUT2D eigenvalue weighted by Crippen LogP contribution is -2.31. The third kappa shape index (κ3) is 5.53. The second-order valence-electron chi connectivity index (χ2n) is 3.77. The summed E-state index contributed by atoms with van der Waals surface area (Å²) in [4.78, 5) is 25.7. The van der Waals surface area contributed by atoms with Crippen molar-refractivity contribution in [2.45, 2.75) is 19.1 Å². The van der Waals surface area contributed by atoms with Crippen LogP contribution in [0.2, 0.25) is 0 Å². The molecule has 1 aromatic heterocycles. The van der Waals surface area contributed by atoms with Gasteiger partial charge in [0, 0.05) is 5.38 Å². The van der Waals surface area contributed by atoms with Crippen molar-refractivity contribution < 1.29 is 32.6 Å². The highest BCUT2D eigenvalue weighted by Gasteiger charge is 2.28. The largest absolute Gasteiger partial charge is 0.476 e. The Labute approximate surface area is 115 Å². The number of carbonyl (C=O) groups is 2. The summed E-state index contributed by atoms with van der Waals surface area (Å²) >= 11 is 1.03. The minimum absolute atomic E-state index is 0.153. The van der Waals surface area contributed by atoms with Gasteiger partial charge in [0.15, 0.2) is 5.69 Å². The molecule has 2 N–H and O–H groups in total. The maximum absolute atomic E-state index is 11.8. The number of alkyl halides is 3. The number of aromatic nitrogens is 1. The topological polar surface area (TPSA) is 88.5 Å². The molecule has 1 rings (SSSR count). The van der Waals surface area contributed by atoms with E-state index in [9.17, 15) is 22.8 Å². The first-order valence-corrected chi connectivity index (χ1v) is 6.19. The van der Waals surface area contributed by atoms with Gasteiger partial charge in [-0.3, -0.25) is 4.79 Å². The number of amides is 1. The van der Waals surface area contributed by atoms with Gasteiger partial charge in [-0.1, -0.05) is 0 Å². The Hall–Kier alpha value is -1.68. The van der Waals surface area contributed by atoms with Crippen LogP contribution in [-0.4, -0.2) is 41.4 Å². The zero-order valence-corrected chi connectivity index (χ0v) is 11.0. The minimum atomic E-state index is -4.49. The molecule has 0 saturated carbocycles. The Bertz CT molecular complexity index is 489. The molecule has 0 aliphatic rings. The maximum Gasteiger partial charge on any atom is 0.411 e. The van der Waals surface area contributed by atoms with E-state index in [1.54, 1.807) is 0 Å². The van der Waals surface area contributed by atoms with Crippen molar-refractivity contribution >= 4 is 23.2 Å². The van der Waals surface area contributed by atoms with Gasteiger partial charge >= 0.3 is 12.1 Å². The van der Waals surface area contributed by atoms with Crippen molar-refractivity contribution in [3.8, 4) is 0 Å².